The zero-order chi connectivity index (χ0) is 16.2. The molecule has 0 bridgehead atoms. The van der Waals surface area contributed by atoms with E-state index in [1.807, 2.05) is 11.8 Å². The van der Waals surface area contributed by atoms with E-state index >= 15 is 0 Å². The Morgan fingerprint density at radius 2 is 2.18 bits per heavy atom. The lowest BCUT2D eigenvalue weighted by Gasteiger charge is -2.38. The fraction of sp³-hybridized carbons (Fsp3) is 0.750. The second-order valence-corrected chi connectivity index (χ2v) is 7.01. The van der Waals surface area contributed by atoms with Gasteiger partial charge in [0.05, 0.1) is 24.4 Å². The van der Waals surface area contributed by atoms with Crippen LogP contribution in [0.5, 0.6) is 0 Å². The summed E-state index contributed by atoms with van der Waals surface area (Å²) in [5.41, 5.74) is 0.648. The molecule has 1 aliphatic heterocycles. The van der Waals surface area contributed by atoms with E-state index in [1.165, 1.54) is 11.3 Å². The second kappa shape index (κ2) is 7.53. The maximum atomic E-state index is 13.1. The standard InChI is InChI=1S/C16H26N2O3S/c1-5-7-16(11-21-4)8-6-9-18(16)15(19)14-12(2)17-13(22-14)10-20-3/h5-11H2,1-4H3. The van der Waals surface area contributed by atoms with Crippen LogP contribution in [0.2, 0.25) is 0 Å². The lowest BCUT2D eigenvalue weighted by Crippen LogP contribution is -2.50. The Morgan fingerprint density at radius 3 is 2.82 bits per heavy atom. The number of carbonyl (C=O) groups is 1. The van der Waals surface area contributed by atoms with E-state index in [0.29, 0.717) is 13.2 Å². The van der Waals surface area contributed by atoms with Gasteiger partial charge in [0, 0.05) is 20.8 Å². The molecule has 1 aromatic rings. The third-order valence-corrected chi connectivity index (χ3v) is 5.39. The van der Waals surface area contributed by atoms with Gasteiger partial charge < -0.3 is 14.4 Å². The van der Waals surface area contributed by atoms with Crippen molar-refractivity contribution in [1.82, 2.24) is 9.88 Å². The molecule has 2 heterocycles. The number of hydrogen-bond acceptors (Lipinski definition) is 5. The molecule has 1 fully saturated rings. The van der Waals surface area contributed by atoms with E-state index in [0.717, 1.165) is 47.8 Å². The summed E-state index contributed by atoms with van der Waals surface area (Å²) in [7, 11) is 3.36. The summed E-state index contributed by atoms with van der Waals surface area (Å²) >= 11 is 1.45. The van der Waals surface area contributed by atoms with Crippen molar-refractivity contribution in [1.29, 1.82) is 0 Å². The van der Waals surface area contributed by atoms with Gasteiger partial charge in [-0.15, -0.1) is 11.3 Å². The average Bonchev–Trinajstić information content (AvgIpc) is 3.04. The Bertz CT molecular complexity index is 509. The number of hydrogen-bond donors (Lipinski definition) is 0. The molecule has 6 heteroatoms. The molecule has 1 aromatic heterocycles. The zero-order valence-electron chi connectivity index (χ0n) is 14.0. The third kappa shape index (κ3) is 3.34. The van der Waals surface area contributed by atoms with Crippen LogP contribution in [0.1, 0.15) is 53.0 Å². The summed E-state index contributed by atoms with van der Waals surface area (Å²) in [6.07, 6.45) is 4.08. The number of aromatic nitrogens is 1. The normalized spacial score (nSPS) is 21.5. The highest BCUT2D eigenvalue weighted by molar-refractivity contribution is 7.13. The summed E-state index contributed by atoms with van der Waals surface area (Å²) in [5, 5.41) is 0.857. The van der Waals surface area contributed by atoms with Crippen LogP contribution in [0.15, 0.2) is 0 Å². The van der Waals surface area contributed by atoms with Gasteiger partial charge in [0.1, 0.15) is 9.88 Å². The van der Waals surface area contributed by atoms with E-state index in [1.54, 1.807) is 14.2 Å². The van der Waals surface area contributed by atoms with Gasteiger partial charge in [0.15, 0.2) is 0 Å². The quantitative estimate of drug-likeness (QED) is 0.773. The summed E-state index contributed by atoms with van der Waals surface area (Å²) in [6.45, 7) is 5.93. The molecule has 1 aliphatic rings. The van der Waals surface area contributed by atoms with Gasteiger partial charge in [0.25, 0.3) is 5.91 Å². The van der Waals surface area contributed by atoms with Crippen molar-refractivity contribution < 1.29 is 14.3 Å². The van der Waals surface area contributed by atoms with Gasteiger partial charge in [-0.1, -0.05) is 13.3 Å². The molecule has 0 saturated carbocycles. The molecule has 0 N–H and O–H groups in total. The van der Waals surface area contributed by atoms with Crippen molar-refractivity contribution >= 4 is 17.2 Å². The number of carbonyl (C=O) groups excluding carboxylic acids is 1. The Hall–Kier alpha value is -0.980. The highest BCUT2D eigenvalue weighted by atomic mass is 32.1. The number of amides is 1. The molecule has 22 heavy (non-hydrogen) atoms. The second-order valence-electron chi connectivity index (χ2n) is 5.92. The largest absolute Gasteiger partial charge is 0.382 e. The van der Waals surface area contributed by atoms with Gasteiger partial charge in [0.2, 0.25) is 0 Å². The minimum absolute atomic E-state index is 0.0975. The first-order valence-electron chi connectivity index (χ1n) is 7.84. The maximum Gasteiger partial charge on any atom is 0.266 e. The van der Waals surface area contributed by atoms with Crippen LogP contribution in [-0.4, -0.2) is 48.7 Å². The van der Waals surface area contributed by atoms with E-state index in [2.05, 4.69) is 11.9 Å². The van der Waals surface area contributed by atoms with Crippen molar-refractivity contribution in [3.8, 4) is 0 Å². The molecular formula is C16H26N2O3S. The molecule has 0 aromatic carbocycles. The number of ether oxygens (including phenoxy) is 2. The molecule has 1 saturated heterocycles. The van der Waals surface area contributed by atoms with Crippen molar-refractivity contribution in [3.63, 3.8) is 0 Å². The Balaban J connectivity index is 2.26. The highest BCUT2D eigenvalue weighted by Gasteiger charge is 2.43. The summed E-state index contributed by atoms with van der Waals surface area (Å²) in [5.74, 6) is 0.0975. The van der Waals surface area contributed by atoms with Crippen LogP contribution in [0, 0.1) is 6.92 Å². The van der Waals surface area contributed by atoms with Crippen LogP contribution < -0.4 is 0 Å². The van der Waals surface area contributed by atoms with Crippen molar-refractivity contribution in [2.45, 2.75) is 51.7 Å². The van der Waals surface area contributed by atoms with E-state index in [-0.39, 0.29) is 11.4 Å². The lowest BCUT2D eigenvalue weighted by molar-refractivity contribution is 0.0257. The van der Waals surface area contributed by atoms with E-state index < -0.39 is 0 Å². The molecule has 0 radical (unpaired) electrons. The average molecular weight is 326 g/mol. The molecule has 1 atom stereocenters. The number of nitrogens with zero attached hydrogens (tertiary/aromatic N) is 2. The highest BCUT2D eigenvalue weighted by Crippen LogP contribution is 2.36. The zero-order valence-corrected chi connectivity index (χ0v) is 14.8. The predicted molar refractivity (Wildman–Crippen MR) is 87.3 cm³/mol. The minimum Gasteiger partial charge on any atom is -0.382 e. The van der Waals surface area contributed by atoms with Crippen LogP contribution >= 0.6 is 11.3 Å². The Labute approximate surface area is 136 Å². The predicted octanol–water partition coefficient (Wildman–Crippen LogP) is 3.02. The van der Waals surface area contributed by atoms with Crippen LogP contribution in [0.25, 0.3) is 0 Å². The first-order valence-corrected chi connectivity index (χ1v) is 8.65. The maximum absolute atomic E-state index is 13.1. The molecule has 0 spiro atoms. The van der Waals surface area contributed by atoms with Gasteiger partial charge >= 0.3 is 0 Å². The molecular weight excluding hydrogens is 300 g/mol. The minimum atomic E-state index is -0.154. The van der Waals surface area contributed by atoms with Crippen molar-refractivity contribution in [2.75, 3.05) is 27.4 Å². The molecule has 124 valence electrons. The SMILES string of the molecule is CCCC1(COC)CCCN1C(=O)c1sc(COC)nc1C. The van der Waals surface area contributed by atoms with Gasteiger partial charge in [-0.25, -0.2) is 4.98 Å². The fourth-order valence-corrected chi connectivity index (χ4v) is 4.42. The number of likely N-dealkylation sites (tertiary alicyclic amines) is 1. The number of rotatable bonds is 7. The topological polar surface area (TPSA) is 51.7 Å². The smallest absolute Gasteiger partial charge is 0.266 e. The number of methoxy groups -OCH3 is 2. The third-order valence-electron chi connectivity index (χ3n) is 4.27. The first-order chi connectivity index (χ1) is 10.6. The van der Waals surface area contributed by atoms with Crippen molar-refractivity contribution in [2.24, 2.45) is 0 Å². The monoisotopic (exact) mass is 326 g/mol. The van der Waals surface area contributed by atoms with Crippen molar-refractivity contribution in [3.05, 3.63) is 15.6 Å². The molecule has 5 nitrogen and oxygen atoms in total. The first kappa shape index (κ1) is 17.4. The fourth-order valence-electron chi connectivity index (χ4n) is 3.43. The number of aryl methyl sites for hydroxylation is 1. The van der Waals surface area contributed by atoms with E-state index in [4.69, 9.17) is 9.47 Å². The van der Waals surface area contributed by atoms with Gasteiger partial charge in [-0.3, -0.25) is 4.79 Å². The number of thiazole rings is 1. The molecule has 1 unspecified atom stereocenters. The molecule has 0 aliphatic carbocycles. The molecule has 2 rings (SSSR count). The summed E-state index contributed by atoms with van der Waals surface area (Å²) in [4.78, 5) is 20.3. The lowest BCUT2D eigenvalue weighted by atomic mass is 9.91. The Morgan fingerprint density at radius 1 is 1.41 bits per heavy atom. The van der Waals surface area contributed by atoms with Gasteiger partial charge in [-0.05, 0) is 26.2 Å². The van der Waals surface area contributed by atoms with E-state index in [9.17, 15) is 4.79 Å². The van der Waals surface area contributed by atoms with Gasteiger partial charge in [-0.2, -0.15) is 0 Å². The summed E-state index contributed by atoms with van der Waals surface area (Å²) in [6, 6.07) is 0. The van der Waals surface area contributed by atoms with Crippen LogP contribution in [0.4, 0.5) is 0 Å². The van der Waals surface area contributed by atoms with Crippen LogP contribution in [0.3, 0.4) is 0 Å². The molecule has 1 amide bonds. The van der Waals surface area contributed by atoms with Crippen LogP contribution in [-0.2, 0) is 16.1 Å². The summed E-state index contributed by atoms with van der Waals surface area (Å²) < 4.78 is 10.6. The Kier molecular flexibility index (Phi) is 5.94.